The number of benzene rings is 2. The molecule has 0 atom stereocenters. The van der Waals surface area contributed by atoms with E-state index in [4.69, 9.17) is 11.6 Å². The standard InChI is InChI=1S/C17H18N4O.3C2H6/c1-20-14-10-6-5-9-13(14)15(18)16(21(2)19)11-7-3-4-8-12(11)17(20)22;3*1-2/h3-10H,18-19H2,1-2H3;3*1-2H3/b16-15-;;;. The van der Waals surface area contributed by atoms with Crippen molar-refractivity contribution in [3.8, 4) is 0 Å². The third kappa shape index (κ3) is 5.14. The first-order chi connectivity index (χ1) is 13.5. The van der Waals surface area contributed by atoms with Gasteiger partial charge in [-0.25, -0.2) is 5.84 Å². The second-order valence-corrected chi connectivity index (χ2v) is 5.30. The number of hydrogen-bond donors (Lipinski definition) is 2. The molecule has 2 aromatic carbocycles. The van der Waals surface area contributed by atoms with E-state index in [0.29, 0.717) is 17.0 Å². The Morgan fingerprint density at radius 2 is 1.21 bits per heavy atom. The number of anilines is 1. The van der Waals surface area contributed by atoms with Crippen LogP contribution in [0, 0.1) is 0 Å². The van der Waals surface area contributed by atoms with E-state index >= 15 is 0 Å². The summed E-state index contributed by atoms with van der Waals surface area (Å²) in [5, 5.41) is 1.46. The Balaban J connectivity index is 0.00000111. The molecule has 0 spiro atoms. The van der Waals surface area contributed by atoms with Crippen LogP contribution >= 0.6 is 0 Å². The van der Waals surface area contributed by atoms with Gasteiger partial charge in [0.1, 0.15) is 0 Å². The lowest BCUT2D eigenvalue weighted by Gasteiger charge is -2.29. The predicted octanol–water partition coefficient (Wildman–Crippen LogP) is 4.95. The molecule has 1 amide bonds. The van der Waals surface area contributed by atoms with Crippen LogP contribution in [0.5, 0.6) is 0 Å². The molecule has 0 fully saturated rings. The molecule has 1 aliphatic rings. The first-order valence-corrected chi connectivity index (χ1v) is 9.97. The van der Waals surface area contributed by atoms with Crippen LogP contribution < -0.4 is 16.5 Å². The molecule has 1 aliphatic heterocycles. The molecule has 4 N–H and O–H groups in total. The van der Waals surface area contributed by atoms with Gasteiger partial charge in [0.25, 0.3) is 5.91 Å². The minimum absolute atomic E-state index is 0.0881. The topological polar surface area (TPSA) is 75.6 Å². The summed E-state index contributed by atoms with van der Waals surface area (Å²) in [6, 6.07) is 14.9. The Morgan fingerprint density at radius 3 is 1.71 bits per heavy atom. The molecule has 0 saturated carbocycles. The van der Waals surface area contributed by atoms with Gasteiger partial charge in [-0.15, -0.1) is 0 Å². The molecular weight excluding hydrogens is 348 g/mol. The molecule has 0 unspecified atom stereocenters. The van der Waals surface area contributed by atoms with Crippen molar-refractivity contribution in [3.63, 3.8) is 0 Å². The lowest BCUT2D eigenvalue weighted by atomic mass is 9.96. The highest BCUT2D eigenvalue weighted by Crippen LogP contribution is 2.34. The zero-order chi connectivity index (χ0) is 21.9. The van der Waals surface area contributed by atoms with Crippen molar-refractivity contribution in [1.29, 1.82) is 0 Å². The summed E-state index contributed by atoms with van der Waals surface area (Å²) >= 11 is 0. The number of hydrogen-bond acceptors (Lipinski definition) is 4. The van der Waals surface area contributed by atoms with Gasteiger partial charge in [0.2, 0.25) is 0 Å². The number of hydrazine groups is 1. The molecular formula is C23H36N4O. The van der Waals surface area contributed by atoms with Gasteiger partial charge in [-0.2, -0.15) is 0 Å². The van der Waals surface area contributed by atoms with Crippen LogP contribution in [0.2, 0.25) is 0 Å². The van der Waals surface area contributed by atoms with Crippen molar-refractivity contribution in [2.24, 2.45) is 11.6 Å². The second kappa shape index (κ2) is 12.6. The number of amides is 1. The molecule has 0 saturated heterocycles. The lowest BCUT2D eigenvalue weighted by Crippen LogP contribution is -2.33. The minimum atomic E-state index is -0.0881. The maximum absolute atomic E-state index is 12.8. The Kier molecular flexibility index (Phi) is 11.3. The van der Waals surface area contributed by atoms with Crippen molar-refractivity contribution in [1.82, 2.24) is 5.01 Å². The zero-order valence-corrected chi connectivity index (χ0v) is 18.6. The number of rotatable bonds is 1. The first kappa shape index (κ1) is 25.2. The number of fused-ring (bicyclic) bond motifs is 2. The van der Waals surface area contributed by atoms with E-state index in [1.807, 2.05) is 84.0 Å². The molecule has 3 rings (SSSR count). The van der Waals surface area contributed by atoms with Gasteiger partial charge in [0.15, 0.2) is 0 Å². The van der Waals surface area contributed by atoms with Gasteiger partial charge in [-0.05, 0) is 12.1 Å². The quantitative estimate of drug-likeness (QED) is 0.539. The highest BCUT2D eigenvalue weighted by Gasteiger charge is 2.27. The van der Waals surface area contributed by atoms with Crippen LogP contribution in [0.3, 0.4) is 0 Å². The summed E-state index contributed by atoms with van der Waals surface area (Å²) in [5.41, 5.74) is 10.5. The van der Waals surface area contributed by atoms with E-state index in [1.54, 1.807) is 25.1 Å². The molecule has 0 radical (unpaired) electrons. The van der Waals surface area contributed by atoms with Crippen LogP contribution in [0.1, 0.15) is 63.0 Å². The third-order valence-electron chi connectivity index (χ3n) is 3.88. The highest BCUT2D eigenvalue weighted by atomic mass is 16.2. The van der Waals surface area contributed by atoms with Crippen LogP contribution in [0.25, 0.3) is 11.4 Å². The summed E-state index contributed by atoms with van der Waals surface area (Å²) in [6.45, 7) is 12.0. The summed E-state index contributed by atoms with van der Waals surface area (Å²) < 4.78 is 0. The van der Waals surface area contributed by atoms with Gasteiger partial charge in [0, 0.05) is 30.8 Å². The van der Waals surface area contributed by atoms with Crippen molar-refractivity contribution in [2.45, 2.75) is 41.5 Å². The smallest absolute Gasteiger partial charge is 0.258 e. The van der Waals surface area contributed by atoms with Gasteiger partial charge in [0.05, 0.1) is 17.1 Å². The third-order valence-corrected chi connectivity index (χ3v) is 3.88. The number of nitrogens with two attached hydrogens (primary N) is 2. The molecule has 154 valence electrons. The monoisotopic (exact) mass is 384 g/mol. The van der Waals surface area contributed by atoms with Crippen molar-refractivity contribution in [3.05, 3.63) is 65.2 Å². The molecule has 5 heteroatoms. The molecule has 5 nitrogen and oxygen atoms in total. The van der Waals surface area contributed by atoms with E-state index in [0.717, 1.165) is 16.8 Å². The van der Waals surface area contributed by atoms with Gasteiger partial charge in [-0.1, -0.05) is 77.9 Å². The molecule has 28 heavy (non-hydrogen) atoms. The fraction of sp³-hybridized carbons (Fsp3) is 0.348. The number of nitrogens with zero attached hydrogens (tertiary/aromatic N) is 2. The average molecular weight is 385 g/mol. The summed E-state index contributed by atoms with van der Waals surface area (Å²) in [4.78, 5) is 14.4. The van der Waals surface area contributed by atoms with E-state index in [-0.39, 0.29) is 5.91 Å². The van der Waals surface area contributed by atoms with E-state index in [9.17, 15) is 4.79 Å². The van der Waals surface area contributed by atoms with Crippen LogP contribution in [0.15, 0.2) is 48.5 Å². The molecule has 0 bridgehead atoms. The SMILES string of the molecule is CC.CC.CC.CN(N)/C1=C(\N)c2ccccc2N(C)C(=O)c2ccccc21. The molecule has 1 heterocycles. The van der Waals surface area contributed by atoms with Crippen LogP contribution in [-0.2, 0) is 0 Å². The van der Waals surface area contributed by atoms with Crippen molar-refractivity contribution >= 4 is 23.0 Å². The van der Waals surface area contributed by atoms with Crippen LogP contribution in [0.4, 0.5) is 5.69 Å². The lowest BCUT2D eigenvalue weighted by molar-refractivity contribution is 0.0992. The van der Waals surface area contributed by atoms with Gasteiger partial charge >= 0.3 is 0 Å². The first-order valence-electron chi connectivity index (χ1n) is 9.97. The average Bonchev–Trinajstić information content (AvgIpc) is 2.76. The number of carbonyl (C=O) groups is 1. The Bertz CT molecular complexity index is 782. The van der Waals surface area contributed by atoms with E-state index < -0.39 is 0 Å². The summed E-state index contributed by atoms with van der Waals surface area (Å²) in [7, 11) is 3.47. The second-order valence-electron chi connectivity index (χ2n) is 5.30. The molecule has 0 aromatic heterocycles. The minimum Gasteiger partial charge on any atom is -0.396 e. The maximum atomic E-state index is 12.8. The summed E-state index contributed by atoms with van der Waals surface area (Å²) in [6.07, 6.45) is 0. The predicted molar refractivity (Wildman–Crippen MR) is 123 cm³/mol. The van der Waals surface area contributed by atoms with E-state index in [1.165, 1.54) is 5.01 Å². The van der Waals surface area contributed by atoms with Crippen molar-refractivity contribution in [2.75, 3.05) is 19.0 Å². The molecule has 0 aliphatic carbocycles. The van der Waals surface area contributed by atoms with Gasteiger partial charge < -0.3 is 15.6 Å². The Labute approximate surface area is 170 Å². The fourth-order valence-electron chi connectivity index (χ4n) is 2.81. The Hall–Kier alpha value is -2.79. The summed E-state index contributed by atoms with van der Waals surface area (Å²) in [5.74, 6) is 5.91. The Morgan fingerprint density at radius 1 is 0.786 bits per heavy atom. The fourth-order valence-corrected chi connectivity index (χ4v) is 2.81. The van der Waals surface area contributed by atoms with E-state index in [2.05, 4.69) is 0 Å². The van der Waals surface area contributed by atoms with Crippen LogP contribution in [-0.4, -0.2) is 25.0 Å². The largest absolute Gasteiger partial charge is 0.396 e. The highest BCUT2D eigenvalue weighted by molar-refractivity contribution is 6.13. The maximum Gasteiger partial charge on any atom is 0.258 e. The number of carbonyl (C=O) groups excluding carboxylic acids is 1. The normalized spacial score (nSPS) is 14.3. The zero-order valence-electron chi connectivity index (χ0n) is 18.6. The molecule has 2 aromatic rings. The van der Waals surface area contributed by atoms with Crippen molar-refractivity contribution < 1.29 is 4.79 Å². The number of para-hydroxylation sites is 1. The van der Waals surface area contributed by atoms with Gasteiger partial charge in [-0.3, -0.25) is 4.79 Å².